The molecule has 0 aliphatic carbocycles. The summed E-state index contributed by atoms with van der Waals surface area (Å²) < 4.78 is 35.5. The van der Waals surface area contributed by atoms with Crippen LogP contribution in [0.15, 0.2) is 41.9 Å². The second kappa shape index (κ2) is 8.16. The van der Waals surface area contributed by atoms with Gasteiger partial charge < -0.3 is 14.8 Å². The summed E-state index contributed by atoms with van der Waals surface area (Å²) in [6.07, 6.45) is -3.64. The Bertz CT molecular complexity index is 1030. The molecule has 1 aliphatic heterocycles. The number of aromatic nitrogens is 1. The number of nitrogens with one attached hydrogen (secondary N) is 1. The predicted molar refractivity (Wildman–Crippen MR) is 109 cm³/mol. The molecule has 1 amide bonds. The van der Waals surface area contributed by atoms with Crippen LogP contribution in [-0.4, -0.2) is 17.2 Å². The van der Waals surface area contributed by atoms with E-state index in [1.165, 1.54) is 23.5 Å². The van der Waals surface area contributed by atoms with Gasteiger partial charge in [0.1, 0.15) is 5.69 Å². The molecule has 0 atom stereocenters. The highest BCUT2D eigenvalue weighted by Gasteiger charge is 2.43. The van der Waals surface area contributed by atoms with E-state index >= 15 is 0 Å². The van der Waals surface area contributed by atoms with Crippen molar-refractivity contribution in [1.82, 2.24) is 4.98 Å². The fourth-order valence-corrected chi connectivity index (χ4v) is 3.43. The van der Waals surface area contributed by atoms with Crippen LogP contribution in [0.1, 0.15) is 34.8 Å². The van der Waals surface area contributed by atoms with Crippen LogP contribution < -0.4 is 14.8 Å². The number of alkyl halides is 2. The van der Waals surface area contributed by atoms with Gasteiger partial charge in [0.2, 0.25) is 0 Å². The number of rotatable bonds is 3. The monoisotopic (exact) mass is 418 g/mol. The molecule has 1 aliphatic rings. The molecule has 1 aromatic heterocycles. The van der Waals surface area contributed by atoms with Crippen LogP contribution in [0.3, 0.4) is 0 Å². The van der Waals surface area contributed by atoms with E-state index in [2.05, 4.69) is 19.8 Å². The molecule has 3 aromatic rings. The van der Waals surface area contributed by atoms with Gasteiger partial charge in [-0.1, -0.05) is 26.0 Å². The van der Waals surface area contributed by atoms with E-state index in [0.717, 1.165) is 21.6 Å². The van der Waals surface area contributed by atoms with Crippen molar-refractivity contribution in [1.29, 1.82) is 0 Å². The molecule has 0 radical (unpaired) electrons. The standard InChI is InChI=1S/C19H14F2N2O3S.C2H6/c1-10-7-15-16(26-19(20,21)25-15)8-14(10)12-3-5-13(6-4-12)23-18(24)17-11(2)27-9-22-17;1-2/h3-9H,1-2H3,(H,23,24);1-2H3. The van der Waals surface area contributed by atoms with Crippen LogP contribution in [0, 0.1) is 13.8 Å². The first-order valence-electron chi connectivity index (χ1n) is 9.05. The van der Waals surface area contributed by atoms with E-state index in [1.54, 1.807) is 36.7 Å². The molecule has 0 saturated carbocycles. The van der Waals surface area contributed by atoms with Crippen LogP contribution >= 0.6 is 11.3 Å². The van der Waals surface area contributed by atoms with Crippen LogP contribution in [0.2, 0.25) is 0 Å². The first-order chi connectivity index (χ1) is 13.8. The Hall–Kier alpha value is -3.00. The van der Waals surface area contributed by atoms with Crippen molar-refractivity contribution >= 4 is 22.9 Å². The normalized spacial score (nSPS) is 13.4. The molecule has 0 saturated heterocycles. The summed E-state index contributed by atoms with van der Waals surface area (Å²) in [7, 11) is 0. The Morgan fingerprint density at radius 1 is 1.07 bits per heavy atom. The molecular formula is C21H20F2N2O3S. The summed E-state index contributed by atoms with van der Waals surface area (Å²) in [5.74, 6) is -0.260. The second-order valence-corrected chi connectivity index (χ2v) is 7.13. The number of thiazole rings is 1. The van der Waals surface area contributed by atoms with Crippen molar-refractivity contribution < 1.29 is 23.0 Å². The number of hydrogen-bond donors (Lipinski definition) is 1. The minimum absolute atomic E-state index is 0.00279. The van der Waals surface area contributed by atoms with Crippen molar-refractivity contribution in [2.45, 2.75) is 34.0 Å². The fourth-order valence-electron chi connectivity index (χ4n) is 2.86. The second-order valence-electron chi connectivity index (χ2n) is 6.07. The number of anilines is 1. The number of nitrogens with zero attached hydrogens (tertiary/aromatic N) is 1. The molecule has 5 nitrogen and oxygen atoms in total. The van der Waals surface area contributed by atoms with E-state index in [9.17, 15) is 13.6 Å². The lowest BCUT2D eigenvalue weighted by atomic mass is 9.99. The number of aryl methyl sites for hydroxylation is 2. The van der Waals surface area contributed by atoms with E-state index in [0.29, 0.717) is 11.4 Å². The zero-order chi connectivity index (χ0) is 21.2. The Morgan fingerprint density at radius 2 is 1.69 bits per heavy atom. The minimum atomic E-state index is -3.64. The molecule has 4 rings (SSSR count). The molecule has 0 bridgehead atoms. The number of ether oxygens (including phenoxy) is 2. The first kappa shape index (κ1) is 20.7. The number of hydrogen-bond acceptors (Lipinski definition) is 5. The summed E-state index contributed by atoms with van der Waals surface area (Å²) in [6, 6.07) is 10.1. The largest absolute Gasteiger partial charge is 0.586 e. The maximum Gasteiger partial charge on any atom is 0.586 e. The van der Waals surface area contributed by atoms with Gasteiger partial charge in [0.25, 0.3) is 5.91 Å². The molecule has 8 heteroatoms. The average Bonchev–Trinajstić information content (AvgIpc) is 3.24. The molecule has 0 spiro atoms. The average molecular weight is 418 g/mol. The summed E-state index contributed by atoms with van der Waals surface area (Å²) in [4.78, 5) is 17.1. The maximum atomic E-state index is 13.2. The number of halogens is 2. The van der Waals surface area contributed by atoms with Crippen molar-refractivity contribution in [2.75, 3.05) is 5.32 Å². The highest BCUT2D eigenvalue weighted by molar-refractivity contribution is 7.09. The Kier molecular flexibility index (Phi) is 5.83. The lowest BCUT2D eigenvalue weighted by molar-refractivity contribution is -0.286. The molecule has 1 N–H and O–H groups in total. The van der Waals surface area contributed by atoms with Crippen molar-refractivity contribution in [3.63, 3.8) is 0 Å². The van der Waals surface area contributed by atoms with Gasteiger partial charge in [-0.15, -0.1) is 20.1 Å². The van der Waals surface area contributed by atoms with Gasteiger partial charge in [-0.2, -0.15) is 0 Å². The lowest BCUT2D eigenvalue weighted by Gasteiger charge is -2.09. The van der Waals surface area contributed by atoms with Gasteiger partial charge in [-0.3, -0.25) is 4.79 Å². The van der Waals surface area contributed by atoms with Crippen LogP contribution in [-0.2, 0) is 0 Å². The topological polar surface area (TPSA) is 60.5 Å². The first-order valence-corrected chi connectivity index (χ1v) is 9.93. The number of carbonyl (C=O) groups is 1. The van der Waals surface area contributed by atoms with Crippen LogP contribution in [0.4, 0.5) is 14.5 Å². The van der Waals surface area contributed by atoms with Gasteiger partial charge >= 0.3 is 6.29 Å². The zero-order valence-corrected chi connectivity index (χ0v) is 17.2. The zero-order valence-electron chi connectivity index (χ0n) is 16.4. The highest BCUT2D eigenvalue weighted by Crippen LogP contribution is 2.44. The summed E-state index contributed by atoms with van der Waals surface area (Å²) in [5.41, 5.74) is 4.95. The third-order valence-corrected chi connectivity index (χ3v) is 4.92. The highest BCUT2D eigenvalue weighted by atomic mass is 32.1. The van der Waals surface area contributed by atoms with E-state index in [1.807, 2.05) is 20.8 Å². The Balaban J connectivity index is 0.00000117. The third kappa shape index (κ3) is 4.37. The number of carbonyl (C=O) groups excluding carboxylic acids is 1. The molecule has 2 aromatic carbocycles. The molecule has 2 heterocycles. The molecule has 0 unspecified atom stereocenters. The van der Waals surface area contributed by atoms with E-state index in [4.69, 9.17) is 0 Å². The van der Waals surface area contributed by atoms with Gasteiger partial charge in [0, 0.05) is 10.6 Å². The molecule has 152 valence electrons. The van der Waals surface area contributed by atoms with Crippen molar-refractivity contribution in [2.24, 2.45) is 0 Å². The summed E-state index contributed by atoms with van der Waals surface area (Å²) in [6.45, 7) is 7.64. The summed E-state index contributed by atoms with van der Waals surface area (Å²) in [5, 5.41) is 2.79. The number of amides is 1. The fraction of sp³-hybridized carbons (Fsp3) is 0.238. The van der Waals surface area contributed by atoms with Crippen molar-refractivity contribution in [3.8, 4) is 22.6 Å². The third-order valence-electron chi connectivity index (χ3n) is 4.16. The quantitative estimate of drug-likeness (QED) is 0.564. The van der Waals surface area contributed by atoms with Gasteiger partial charge in [-0.25, -0.2) is 4.98 Å². The molecule has 29 heavy (non-hydrogen) atoms. The Labute approximate surface area is 171 Å². The number of benzene rings is 2. The SMILES string of the molecule is CC.Cc1cc2c(cc1-c1ccc(NC(=O)c3ncsc3C)cc1)OC(F)(F)O2. The van der Waals surface area contributed by atoms with Gasteiger partial charge in [0.15, 0.2) is 11.5 Å². The Morgan fingerprint density at radius 3 is 2.28 bits per heavy atom. The van der Waals surface area contributed by atoms with Gasteiger partial charge in [0.05, 0.1) is 5.51 Å². The number of fused-ring (bicyclic) bond motifs is 1. The van der Waals surface area contributed by atoms with Crippen molar-refractivity contribution in [3.05, 3.63) is 58.0 Å². The lowest BCUT2D eigenvalue weighted by Crippen LogP contribution is -2.25. The summed E-state index contributed by atoms with van der Waals surface area (Å²) >= 11 is 1.41. The van der Waals surface area contributed by atoms with Crippen LogP contribution in [0.25, 0.3) is 11.1 Å². The van der Waals surface area contributed by atoms with E-state index < -0.39 is 6.29 Å². The molecule has 0 fully saturated rings. The maximum absolute atomic E-state index is 13.2. The molecular weight excluding hydrogens is 398 g/mol. The predicted octanol–water partition coefficient (Wildman–Crippen LogP) is 6.03. The van der Waals surface area contributed by atoms with Crippen LogP contribution in [0.5, 0.6) is 11.5 Å². The van der Waals surface area contributed by atoms with E-state index in [-0.39, 0.29) is 17.4 Å². The van der Waals surface area contributed by atoms with Gasteiger partial charge in [-0.05, 0) is 54.8 Å². The smallest absolute Gasteiger partial charge is 0.395 e. The minimum Gasteiger partial charge on any atom is -0.395 e.